The van der Waals surface area contributed by atoms with Crippen molar-refractivity contribution in [3.63, 3.8) is 0 Å². The summed E-state index contributed by atoms with van der Waals surface area (Å²) in [5.41, 5.74) is 2.68. The predicted octanol–water partition coefficient (Wildman–Crippen LogP) is 1.43. The highest BCUT2D eigenvalue weighted by Gasteiger charge is 2.19. The number of fused-ring (bicyclic) bond motifs is 1. The summed E-state index contributed by atoms with van der Waals surface area (Å²) in [6, 6.07) is 0.525. The van der Waals surface area contributed by atoms with Crippen molar-refractivity contribution in [1.29, 1.82) is 0 Å². The smallest absolute Gasteiger partial charge is 0.0538 e. The van der Waals surface area contributed by atoms with Crippen molar-refractivity contribution >= 4 is 12.4 Å². The lowest BCUT2D eigenvalue weighted by atomic mass is 9.93. The molecule has 0 saturated carbocycles. The maximum atomic E-state index is 4.04. The summed E-state index contributed by atoms with van der Waals surface area (Å²) >= 11 is 0. The lowest BCUT2D eigenvalue weighted by Crippen LogP contribution is -2.20. The summed E-state index contributed by atoms with van der Waals surface area (Å²) in [7, 11) is 2.01. The second-order valence-electron chi connectivity index (χ2n) is 3.04. The Balaban J connectivity index is 0.000000720. The third kappa shape index (κ3) is 1.47. The van der Waals surface area contributed by atoms with Gasteiger partial charge in [0.1, 0.15) is 0 Å². The molecule has 0 radical (unpaired) electrons. The van der Waals surface area contributed by atoms with E-state index in [1.807, 2.05) is 13.2 Å². The van der Waals surface area contributed by atoms with E-state index in [0.717, 1.165) is 6.42 Å². The van der Waals surface area contributed by atoms with Crippen molar-refractivity contribution in [3.8, 4) is 0 Å². The van der Waals surface area contributed by atoms with E-state index < -0.39 is 0 Å². The highest BCUT2D eigenvalue weighted by Crippen LogP contribution is 2.27. The summed E-state index contributed by atoms with van der Waals surface area (Å²) in [6.07, 6.45) is 5.60. The monoisotopic (exact) mass is 187 g/mol. The van der Waals surface area contributed by atoms with Crippen LogP contribution in [-0.4, -0.2) is 17.2 Å². The Bertz CT molecular complexity index is 246. The number of nitrogens with zero attached hydrogens (tertiary/aromatic N) is 1. The zero-order valence-electron chi connectivity index (χ0n) is 7.13. The maximum absolute atomic E-state index is 4.04. The zero-order chi connectivity index (χ0) is 7.68. The van der Waals surface area contributed by atoms with Gasteiger partial charge in [0.15, 0.2) is 0 Å². The lowest BCUT2D eigenvalue weighted by Gasteiger charge is -2.20. The largest absolute Gasteiger partial charge is 0.313 e. The van der Waals surface area contributed by atoms with Gasteiger partial charge in [0.2, 0.25) is 0 Å². The van der Waals surface area contributed by atoms with Gasteiger partial charge >= 0.3 is 0 Å². The van der Waals surface area contributed by atoms with Crippen LogP contribution in [0.2, 0.25) is 0 Å². The molecule has 0 spiro atoms. The van der Waals surface area contributed by atoms with E-state index in [1.165, 1.54) is 24.1 Å². The summed E-state index contributed by atoms with van der Waals surface area (Å²) < 4.78 is 0. The van der Waals surface area contributed by atoms with Crippen molar-refractivity contribution in [2.24, 2.45) is 0 Å². The van der Waals surface area contributed by atoms with E-state index in [1.54, 1.807) is 0 Å². The fraction of sp³-hybridized carbons (Fsp3) is 0.625. The van der Waals surface area contributed by atoms with Crippen LogP contribution in [0.3, 0.4) is 0 Å². The van der Waals surface area contributed by atoms with Crippen molar-refractivity contribution < 1.29 is 0 Å². The van der Waals surface area contributed by atoms with Gasteiger partial charge in [-0.2, -0.15) is 5.10 Å². The maximum Gasteiger partial charge on any atom is 0.0538 e. The molecule has 1 heterocycles. The highest BCUT2D eigenvalue weighted by atomic mass is 35.5. The molecule has 1 aliphatic rings. The quantitative estimate of drug-likeness (QED) is 0.699. The summed E-state index contributed by atoms with van der Waals surface area (Å²) in [5.74, 6) is 0. The van der Waals surface area contributed by atoms with Crippen LogP contribution in [0.5, 0.6) is 0 Å². The number of aryl methyl sites for hydroxylation is 1. The van der Waals surface area contributed by atoms with E-state index in [0.29, 0.717) is 6.04 Å². The molecule has 68 valence electrons. The number of aromatic amines is 1. The highest BCUT2D eigenvalue weighted by molar-refractivity contribution is 5.85. The third-order valence-corrected chi connectivity index (χ3v) is 2.40. The number of halogens is 1. The van der Waals surface area contributed by atoms with Gasteiger partial charge in [0, 0.05) is 17.3 Å². The molecule has 1 atom stereocenters. The molecule has 1 aromatic heterocycles. The van der Waals surface area contributed by atoms with Gasteiger partial charge < -0.3 is 5.32 Å². The van der Waals surface area contributed by atoms with Crippen molar-refractivity contribution in [2.45, 2.75) is 25.3 Å². The fourth-order valence-electron chi connectivity index (χ4n) is 1.76. The van der Waals surface area contributed by atoms with Crippen LogP contribution >= 0.6 is 12.4 Å². The average Bonchev–Trinajstić information content (AvgIpc) is 2.50. The van der Waals surface area contributed by atoms with Crippen LogP contribution in [-0.2, 0) is 6.42 Å². The molecular weight excluding hydrogens is 174 g/mol. The second kappa shape index (κ2) is 3.92. The average molecular weight is 188 g/mol. The van der Waals surface area contributed by atoms with E-state index in [9.17, 15) is 0 Å². The van der Waals surface area contributed by atoms with Crippen LogP contribution in [0.25, 0.3) is 0 Å². The molecular formula is C8H14ClN3. The minimum absolute atomic E-state index is 0. The van der Waals surface area contributed by atoms with E-state index in [4.69, 9.17) is 0 Å². The van der Waals surface area contributed by atoms with Gasteiger partial charge in [-0.05, 0) is 26.3 Å². The second-order valence-corrected chi connectivity index (χ2v) is 3.04. The Labute approximate surface area is 78.4 Å². The minimum atomic E-state index is 0. The van der Waals surface area contributed by atoms with E-state index in [2.05, 4.69) is 15.5 Å². The molecule has 12 heavy (non-hydrogen) atoms. The molecule has 0 aromatic carbocycles. The molecule has 0 aliphatic heterocycles. The first-order valence-corrected chi connectivity index (χ1v) is 4.11. The van der Waals surface area contributed by atoms with Gasteiger partial charge in [-0.25, -0.2) is 0 Å². The summed E-state index contributed by atoms with van der Waals surface area (Å²) in [6.45, 7) is 0. The SMILES string of the molecule is CNC1CCCc2[nH]ncc21.Cl. The number of hydrogen-bond donors (Lipinski definition) is 2. The normalized spacial score (nSPS) is 21.2. The van der Waals surface area contributed by atoms with Crippen LogP contribution < -0.4 is 5.32 Å². The third-order valence-electron chi connectivity index (χ3n) is 2.40. The molecule has 4 heteroatoms. The van der Waals surface area contributed by atoms with Crippen LogP contribution in [0.4, 0.5) is 0 Å². The Kier molecular flexibility index (Phi) is 3.12. The molecule has 0 bridgehead atoms. The van der Waals surface area contributed by atoms with Gasteiger partial charge in [-0.3, -0.25) is 5.10 Å². The van der Waals surface area contributed by atoms with Crippen LogP contribution in [0, 0.1) is 0 Å². The van der Waals surface area contributed by atoms with Crippen molar-refractivity contribution in [1.82, 2.24) is 15.5 Å². The molecule has 0 amide bonds. The van der Waals surface area contributed by atoms with Crippen molar-refractivity contribution in [2.75, 3.05) is 7.05 Å². The Morgan fingerprint density at radius 1 is 1.67 bits per heavy atom. The van der Waals surface area contributed by atoms with Crippen LogP contribution in [0.1, 0.15) is 30.1 Å². The van der Waals surface area contributed by atoms with E-state index >= 15 is 0 Å². The topological polar surface area (TPSA) is 40.7 Å². The standard InChI is InChI=1S/C8H13N3.ClH/c1-9-7-3-2-4-8-6(7)5-10-11-8;/h5,7,9H,2-4H2,1H3,(H,10,11);1H. The van der Waals surface area contributed by atoms with E-state index in [-0.39, 0.29) is 12.4 Å². The molecule has 0 saturated heterocycles. The number of nitrogens with one attached hydrogen (secondary N) is 2. The Morgan fingerprint density at radius 2 is 2.50 bits per heavy atom. The number of hydrogen-bond acceptors (Lipinski definition) is 2. The zero-order valence-corrected chi connectivity index (χ0v) is 7.95. The number of H-pyrrole nitrogens is 1. The molecule has 2 N–H and O–H groups in total. The molecule has 0 fully saturated rings. The van der Waals surface area contributed by atoms with Gasteiger partial charge in [0.05, 0.1) is 6.20 Å². The summed E-state index contributed by atoms with van der Waals surface area (Å²) in [5, 5.41) is 10.4. The van der Waals surface area contributed by atoms with Crippen molar-refractivity contribution in [3.05, 3.63) is 17.5 Å². The number of rotatable bonds is 1. The molecule has 2 rings (SSSR count). The molecule has 1 unspecified atom stereocenters. The first-order chi connectivity index (χ1) is 5.42. The first-order valence-electron chi connectivity index (χ1n) is 4.11. The summed E-state index contributed by atoms with van der Waals surface area (Å²) in [4.78, 5) is 0. The number of aromatic nitrogens is 2. The Hall–Kier alpha value is -0.540. The van der Waals surface area contributed by atoms with Gasteiger partial charge in [-0.1, -0.05) is 0 Å². The molecule has 1 aliphatic carbocycles. The molecule has 3 nitrogen and oxygen atoms in total. The van der Waals surface area contributed by atoms with Gasteiger partial charge in [0.25, 0.3) is 0 Å². The van der Waals surface area contributed by atoms with Crippen LogP contribution in [0.15, 0.2) is 6.20 Å². The fourth-order valence-corrected chi connectivity index (χ4v) is 1.76. The Morgan fingerprint density at radius 3 is 3.25 bits per heavy atom. The lowest BCUT2D eigenvalue weighted by molar-refractivity contribution is 0.494. The minimum Gasteiger partial charge on any atom is -0.313 e. The van der Waals surface area contributed by atoms with Gasteiger partial charge in [-0.15, -0.1) is 12.4 Å². The predicted molar refractivity (Wildman–Crippen MR) is 50.6 cm³/mol. The molecule has 1 aromatic rings. The first kappa shape index (κ1) is 9.55.